The smallest absolute Gasteiger partial charge is 0.407 e. The van der Waals surface area contributed by atoms with Crippen molar-refractivity contribution < 1.29 is 38.1 Å². The third-order valence-corrected chi connectivity index (χ3v) is 5.55. The van der Waals surface area contributed by atoms with Crippen LogP contribution in [0.15, 0.2) is 48.5 Å². The van der Waals surface area contributed by atoms with E-state index >= 15 is 0 Å². The molecule has 2 amide bonds. The predicted octanol–water partition coefficient (Wildman–Crippen LogP) is 2.50. The second kappa shape index (κ2) is 9.95. The van der Waals surface area contributed by atoms with Crippen molar-refractivity contribution in [3.8, 4) is 11.1 Å². The highest BCUT2D eigenvalue weighted by atomic mass is 19.3. The molecule has 2 atom stereocenters. The first-order chi connectivity index (χ1) is 15.7. The molecule has 8 nitrogen and oxygen atoms in total. The van der Waals surface area contributed by atoms with Crippen LogP contribution in [-0.4, -0.2) is 59.4 Å². The molecule has 0 aliphatic heterocycles. The molecule has 1 aliphatic carbocycles. The van der Waals surface area contributed by atoms with Crippen LogP contribution in [0.3, 0.4) is 0 Å². The number of amides is 2. The number of nitrogens with one attached hydrogen (secondary N) is 2. The summed E-state index contributed by atoms with van der Waals surface area (Å²) in [5, 5.41) is 22.5. The van der Waals surface area contributed by atoms with E-state index in [9.17, 15) is 28.3 Å². The average Bonchev–Trinajstić information content (AvgIpc) is 3.10. The Hall–Kier alpha value is -3.53. The molecule has 0 saturated carbocycles. The van der Waals surface area contributed by atoms with Crippen molar-refractivity contribution in [1.29, 1.82) is 0 Å². The molecule has 0 fully saturated rings. The van der Waals surface area contributed by atoms with Gasteiger partial charge in [-0.2, -0.15) is 0 Å². The molecular formula is C23H24F2N2O6. The number of alkyl halides is 2. The van der Waals surface area contributed by atoms with Gasteiger partial charge in [0.25, 0.3) is 0 Å². The van der Waals surface area contributed by atoms with E-state index in [2.05, 4.69) is 5.32 Å². The van der Waals surface area contributed by atoms with Crippen LogP contribution in [0.2, 0.25) is 0 Å². The van der Waals surface area contributed by atoms with E-state index in [-0.39, 0.29) is 12.5 Å². The van der Waals surface area contributed by atoms with Crippen LogP contribution in [0.5, 0.6) is 0 Å². The monoisotopic (exact) mass is 462 g/mol. The molecule has 33 heavy (non-hydrogen) atoms. The number of carboxylic acid groups (broad SMARTS) is 1. The summed E-state index contributed by atoms with van der Waals surface area (Å²) < 4.78 is 31.3. The van der Waals surface area contributed by atoms with Gasteiger partial charge in [0.1, 0.15) is 12.6 Å². The minimum Gasteiger partial charge on any atom is -0.479 e. The lowest BCUT2D eigenvalue weighted by molar-refractivity contribution is -0.149. The van der Waals surface area contributed by atoms with E-state index in [4.69, 9.17) is 9.84 Å². The number of ether oxygens (including phenoxy) is 1. The van der Waals surface area contributed by atoms with Crippen LogP contribution in [0.1, 0.15) is 30.4 Å². The fraction of sp³-hybridized carbons (Fsp3) is 0.348. The summed E-state index contributed by atoms with van der Waals surface area (Å²) in [6.07, 6.45) is -5.12. The van der Waals surface area contributed by atoms with E-state index in [1.807, 2.05) is 53.8 Å². The molecule has 4 N–H and O–H groups in total. The molecule has 176 valence electrons. The van der Waals surface area contributed by atoms with Crippen molar-refractivity contribution in [3.05, 3.63) is 59.7 Å². The fourth-order valence-corrected chi connectivity index (χ4v) is 3.71. The van der Waals surface area contributed by atoms with E-state index in [0.29, 0.717) is 0 Å². The first kappa shape index (κ1) is 24.1. The summed E-state index contributed by atoms with van der Waals surface area (Å²) in [6.45, 7) is -0.0489. The number of halogens is 2. The zero-order valence-corrected chi connectivity index (χ0v) is 17.8. The number of aliphatic hydroxyl groups is 1. The van der Waals surface area contributed by atoms with Gasteiger partial charge in [-0.1, -0.05) is 48.5 Å². The summed E-state index contributed by atoms with van der Waals surface area (Å²) in [7, 11) is 0. The SMILES string of the molecule is CC(CO)(NC(=O)C(CC(F)F)NC(=O)OCC1c2ccccc2-c2ccccc21)C(=O)O. The molecule has 0 aromatic heterocycles. The summed E-state index contributed by atoms with van der Waals surface area (Å²) in [6, 6.07) is 13.5. The van der Waals surface area contributed by atoms with Gasteiger partial charge in [-0.3, -0.25) is 4.79 Å². The maximum atomic E-state index is 13.0. The maximum Gasteiger partial charge on any atom is 0.407 e. The summed E-state index contributed by atoms with van der Waals surface area (Å²) in [4.78, 5) is 36.0. The van der Waals surface area contributed by atoms with Crippen LogP contribution < -0.4 is 10.6 Å². The molecule has 0 saturated heterocycles. The molecule has 0 heterocycles. The summed E-state index contributed by atoms with van der Waals surface area (Å²) >= 11 is 0. The highest BCUT2D eigenvalue weighted by Gasteiger charge is 2.37. The maximum absolute atomic E-state index is 13.0. The second-order valence-corrected chi connectivity index (χ2v) is 7.93. The van der Waals surface area contributed by atoms with Crippen molar-refractivity contribution in [1.82, 2.24) is 10.6 Å². The second-order valence-electron chi connectivity index (χ2n) is 7.93. The standard InChI is InChI=1S/C23H24F2N2O6/c1-23(12-28,21(30)31)27-20(29)18(10-19(24)25)26-22(32)33-11-17-15-8-4-2-6-13(15)14-7-3-5-9-16(14)17/h2-9,17-19,28H,10-12H2,1H3,(H,26,32)(H,27,29)(H,30,31). The Balaban J connectivity index is 1.69. The van der Waals surface area contributed by atoms with Gasteiger partial charge in [-0.25, -0.2) is 18.4 Å². The Morgan fingerprint density at radius 1 is 1.06 bits per heavy atom. The number of alkyl carbamates (subject to hydrolysis) is 1. The molecule has 0 radical (unpaired) electrons. The molecule has 1 aliphatic rings. The molecule has 2 unspecified atom stereocenters. The van der Waals surface area contributed by atoms with Gasteiger partial charge >= 0.3 is 12.1 Å². The largest absolute Gasteiger partial charge is 0.479 e. The molecule has 3 rings (SSSR count). The number of carbonyl (C=O) groups excluding carboxylic acids is 2. The Bertz CT molecular complexity index is 1000. The van der Waals surface area contributed by atoms with Crippen molar-refractivity contribution in [2.45, 2.75) is 37.3 Å². The van der Waals surface area contributed by atoms with Crippen LogP contribution in [-0.2, 0) is 14.3 Å². The Labute approximate surface area is 188 Å². The highest BCUT2D eigenvalue weighted by Crippen LogP contribution is 2.44. The number of aliphatic carboxylic acids is 1. The number of fused-ring (bicyclic) bond motifs is 3. The lowest BCUT2D eigenvalue weighted by Gasteiger charge is -2.27. The minimum absolute atomic E-state index is 0.0909. The Morgan fingerprint density at radius 2 is 1.61 bits per heavy atom. The number of rotatable bonds is 9. The third kappa shape index (κ3) is 5.28. The first-order valence-corrected chi connectivity index (χ1v) is 10.2. The van der Waals surface area contributed by atoms with Crippen molar-refractivity contribution >= 4 is 18.0 Å². The summed E-state index contributed by atoms with van der Waals surface area (Å²) in [5.41, 5.74) is 1.82. The molecule has 10 heteroatoms. The van der Waals surface area contributed by atoms with Gasteiger partial charge in [0.2, 0.25) is 12.3 Å². The number of aliphatic hydroxyl groups excluding tert-OH is 1. The zero-order valence-electron chi connectivity index (χ0n) is 17.8. The number of hydrogen-bond acceptors (Lipinski definition) is 5. The molecule has 2 aromatic carbocycles. The van der Waals surface area contributed by atoms with Gasteiger partial charge in [0.05, 0.1) is 6.61 Å². The lowest BCUT2D eigenvalue weighted by atomic mass is 9.98. The van der Waals surface area contributed by atoms with Crippen molar-refractivity contribution in [3.63, 3.8) is 0 Å². The van der Waals surface area contributed by atoms with E-state index < -0.39 is 49.0 Å². The summed E-state index contributed by atoms with van der Waals surface area (Å²) in [5.74, 6) is -3.01. The molecule has 0 spiro atoms. The van der Waals surface area contributed by atoms with E-state index in [1.165, 1.54) is 0 Å². The minimum atomic E-state index is -2.96. The van der Waals surface area contributed by atoms with Crippen molar-refractivity contribution in [2.24, 2.45) is 0 Å². The fourth-order valence-electron chi connectivity index (χ4n) is 3.71. The van der Waals surface area contributed by atoms with E-state index in [0.717, 1.165) is 29.2 Å². The topological polar surface area (TPSA) is 125 Å². The quantitative estimate of drug-likeness (QED) is 0.454. The number of hydrogen-bond donors (Lipinski definition) is 4. The predicted molar refractivity (Wildman–Crippen MR) is 114 cm³/mol. The van der Waals surface area contributed by atoms with Crippen LogP contribution in [0, 0.1) is 0 Å². The average molecular weight is 462 g/mol. The normalized spacial score (nSPS) is 15.2. The van der Waals surface area contributed by atoms with Gasteiger partial charge in [0.15, 0.2) is 5.54 Å². The Morgan fingerprint density at radius 3 is 2.09 bits per heavy atom. The zero-order chi connectivity index (χ0) is 24.2. The molecular weight excluding hydrogens is 438 g/mol. The van der Waals surface area contributed by atoms with Crippen LogP contribution in [0.25, 0.3) is 11.1 Å². The molecule has 0 bridgehead atoms. The number of carbonyl (C=O) groups is 3. The number of carboxylic acids is 1. The van der Waals surface area contributed by atoms with Gasteiger partial charge in [0, 0.05) is 12.3 Å². The van der Waals surface area contributed by atoms with Gasteiger partial charge in [-0.15, -0.1) is 0 Å². The Kier molecular flexibility index (Phi) is 7.27. The van der Waals surface area contributed by atoms with Crippen molar-refractivity contribution in [2.75, 3.05) is 13.2 Å². The van der Waals surface area contributed by atoms with Crippen LogP contribution in [0.4, 0.5) is 13.6 Å². The molecule has 2 aromatic rings. The van der Waals surface area contributed by atoms with Gasteiger partial charge in [-0.05, 0) is 29.2 Å². The number of benzene rings is 2. The third-order valence-electron chi connectivity index (χ3n) is 5.55. The van der Waals surface area contributed by atoms with Crippen LogP contribution >= 0.6 is 0 Å². The first-order valence-electron chi connectivity index (χ1n) is 10.2. The van der Waals surface area contributed by atoms with E-state index in [1.54, 1.807) is 0 Å². The van der Waals surface area contributed by atoms with Gasteiger partial charge < -0.3 is 25.6 Å². The highest BCUT2D eigenvalue weighted by molar-refractivity contribution is 5.91. The lowest BCUT2D eigenvalue weighted by Crippen LogP contribution is -2.60.